The molecule has 0 spiro atoms. The minimum Gasteiger partial charge on any atom is -0.493 e. The lowest BCUT2D eigenvalue weighted by Crippen LogP contribution is -2.09. The normalized spacial score (nSPS) is 10.8. The number of esters is 2. The monoisotopic (exact) mass is 520 g/mol. The summed E-state index contributed by atoms with van der Waals surface area (Å²) in [5.41, 5.74) is 0. The molecule has 0 heterocycles. The highest BCUT2D eigenvalue weighted by Gasteiger charge is 2.15. The second-order valence-electron chi connectivity index (χ2n) is 9.84. The van der Waals surface area contributed by atoms with Gasteiger partial charge in [0.05, 0.1) is 20.8 Å². The lowest BCUT2D eigenvalue weighted by Gasteiger charge is -2.12. The van der Waals surface area contributed by atoms with E-state index in [9.17, 15) is 9.59 Å². The number of carbonyl (C=O) groups is 2. The molecule has 0 aliphatic carbocycles. The third kappa shape index (κ3) is 17.0. The number of benzene rings is 1. The molecule has 0 aromatic heterocycles. The first-order valence-corrected chi connectivity index (χ1v) is 14.7. The topological polar surface area (TPSA) is 71.1 Å². The van der Waals surface area contributed by atoms with Crippen molar-refractivity contribution in [2.45, 2.75) is 129 Å². The maximum Gasteiger partial charge on any atom is 0.311 e. The molecule has 212 valence electrons. The molecule has 6 heteroatoms. The van der Waals surface area contributed by atoms with Crippen LogP contribution in [0.1, 0.15) is 129 Å². The fraction of sp³-hybridized carbons (Fsp3) is 0.742. The van der Waals surface area contributed by atoms with Crippen LogP contribution in [0.5, 0.6) is 17.2 Å². The Morgan fingerprint density at radius 1 is 0.595 bits per heavy atom. The van der Waals surface area contributed by atoms with Crippen molar-refractivity contribution >= 4 is 11.9 Å². The largest absolute Gasteiger partial charge is 0.493 e. The van der Waals surface area contributed by atoms with E-state index in [-0.39, 0.29) is 11.9 Å². The molecule has 0 saturated heterocycles. The molecule has 6 nitrogen and oxygen atoms in total. The average molecular weight is 521 g/mol. The summed E-state index contributed by atoms with van der Waals surface area (Å²) in [6, 6.07) is 5.26. The van der Waals surface area contributed by atoms with E-state index in [1.54, 1.807) is 18.2 Å². The van der Waals surface area contributed by atoms with E-state index >= 15 is 0 Å². The van der Waals surface area contributed by atoms with Crippen molar-refractivity contribution in [3.63, 3.8) is 0 Å². The van der Waals surface area contributed by atoms with Crippen molar-refractivity contribution in [1.29, 1.82) is 0 Å². The van der Waals surface area contributed by atoms with E-state index in [1.165, 1.54) is 72.0 Å². The summed E-state index contributed by atoms with van der Waals surface area (Å²) in [4.78, 5) is 24.1. The number of ether oxygens (including phenoxy) is 4. The lowest BCUT2D eigenvalue weighted by atomic mass is 10.1. The summed E-state index contributed by atoms with van der Waals surface area (Å²) in [7, 11) is 3.07. The Bertz CT molecular complexity index is 695. The molecule has 1 rings (SSSR count). The molecular formula is C31H52O6. The first kappa shape index (κ1) is 32.8. The van der Waals surface area contributed by atoms with Crippen LogP contribution in [0.25, 0.3) is 0 Å². The Kier molecular flexibility index (Phi) is 20.3. The third-order valence-electron chi connectivity index (χ3n) is 6.62. The van der Waals surface area contributed by atoms with Crippen molar-refractivity contribution in [2.75, 3.05) is 20.8 Å². The number of para-hydroxylation sites is 1. The van der Waals surface area contributed by atoms with Crippen LogP contribution in [-0.4, -0.2) is 32.8 Å². The fourth-order valence-electron chi connectivity index (χ4n) is 4.35. The highest BCUT2D eigenvalue weighted by molar-refractivity contribution is 5.74. The SMILES string of the molecule is CCCCCCCCCCCCCOC(=O)CCCCCCCCC(=O)Oc1c(OC)cccc1OC. The summed E-state index contributed by atoms with van der Waals surface area (Å²) in [6.45, 7) is 2.82. The highest BCUT2D eigenvalue weighted by Crippen LogP contribution is 2.37. The molecule has 0 aliphatic rings. The molecule has 0 unspecified atom stereocenters. The molecule has 0 aliphatic heterocycles. The summed E-state index contributed by atoms with van der Waals surface area (Å²) < 4.78 is 21.4. The van der Waals surface area contributed by atoms with Crippen LogP contribution in [0.3, 0.4) is 0 Å². The van der Waals surface area contributed by atoms with Crippen LogP contribution in [0.15, 0.2) is 18.2 Å². The van der Waals surface area contributed by atoms with E-state index in [0.717, 1.165) is 51.4 Å². The van der Waals surface area contributed by atoms with E-state index in [4.69, 9.17) is 18.9 Å². The van der Waals surface area contributed by atoms with Gasteiger partial charge in [0.15, 0.2) is 11.5 Å². The van der Waals surface area contributed by atoms with Gasteiger partial charge >= 0.3 is 11.9 Å². The van der Waals surface area contributed by atoms with Crippen molar-refractivity contribution in [2.24, 2.45) is 0 Å². The third-order valence-corrected chi connectivity index (χ3v) is 6.62. The molecule has 0 saturated carbocycles. The number of rotatable bonds is 24. The molecule has 0 N–H and O–H groups in total. The highest BCUT2D eigenvalue weighted by atomic mass is 16.6. The zero-order valence-corrected chi connectivity index (χ0v) is 23.8. The molecule has 0 radical (unpaired) electrons. The standard InChI is InChI=1S/C31H52O6/c1-4-5-6-7-8-9-10-11-14-17-20-26-36-29(32)24-18-15-12-13-16-19-25-30(33)37-31-27(34-2)22-21-23-28(31)35-3/h21-23H,4-20,24-26H2,1-3H3. The van der Waals surface area contributed by atoms with Crippen molar-refractivity contribution in [3.8, 4) is 17.2 Å². The minimum absolute atomic E-state index is 0.0680. The summed E-state index contributed by atoms with van der Waals surface area (Å²) in [5.74, 6) is 0.924. The number of carbonyl (C=O) groups excluding carboxylic acids is 2. The van der Waals surface area contributed by atoms with Gasteiger partial charge in [0, 0.05) is 12.8 Å². The number of hydrogen-bond acceptors (Lipinski definition) is 6. The van der Waals surface area contributed by atoms with Gasteiger partial charge in [-0.15, -0.1) is 0 Å². The summed E-state index contributed by atoms with van der Waals surface area (Å²) >= 11 is 0. The molecule has 0 amide bonds. The smallest absolute Gasteiger partial charge is 0.311 e. The Hall–Kier alpha value is -2.24. The van der Waals surface area contributed by atoms with E-state index in [2.05, 4.69) is 6.92 Å². The van der Waals surface area contributed by atoms with Gasteiger partial charge in [0.2, 0.25) is 5.75 Å². The van der Waals surface area contributed by atoms with E-state index in [1.807, 2.05) is 0 Å². The second-order valence-corrected chi connectivity index (χ2v) is 9.84. The first-order valence-electron chi connectivity index (χ1n) is 14.7. The fourth-order valence-corrected chi connectivity index (χ4v) is 4.35. The van der Waals surface area contributed by atoms with Gasteiger partial charge < -0.3 is 18.9 Å². The van der Waals surface area contributed by atoms with E-state index < -0.39 is 0 Å². The van der Waals surface area contributed by atoms with Crippen LogP contribution in [0.4, 0.5) is 0 Å². The van der Waals surface area contributed by atoms with Crippen LogP contribution in [0, 0.1) is 0 Å². The second kappa shape index (κ2) is 22.9. The molecule has 0 fully saturated rings. The van der Waals surface area contributed by atoms with Crippen molar-refractivity contribution < 1.29 is 28.5 Å². The summed E-state index contributed by atoms with van der Waals surface area (Å²) in [6.07, 6.45) is 20.8. The Balaban J connectivity index is 1.92. The molecule has 0 atom stereocenters. The van der Waals surface area contributed by atoms with Crippen molar-refractivity contribution in [1.82, 2.24) is 0 Å². The predicted molar refractivity (Wildman–Crippen MR) is 150 cm³/mol. The van der Waals surface area contributed by atoms with Gasteiger partial charge in [-0.05, 0) is 31.4 Å². The van der Waals surface area contributed by atoms with Crippen LogP contribution < -0.4 is 14.2 Å². The first-order chi connectivity index (χ1) is 18.1. The van der Waals surface area contributed by atoms with Gasteiger partial charge in [0.1, 0.15) is 0 Å². The van der Waals surface area contributed by atoms with Crippen molar-refractivity contribution in [3.05, 3.63) is 18.2 Å². The quantitative estimate of drug-likeness (QED) is 0.0772. The Labute approximate surface area is 225 Å². The van der Waals surface area contributed by atoms with Crippen LogP contribution >= 0.6 is 0 Å². The Morgan fingerprint density at radius 3 is 1.51 bits per heavy atom. The average Bonchev–Trinajstić information content (AvgIpc) is 2.90. The Morgan fingerprint density at radius 2 is 1.03 bits per heavy atom. The van der Waals surface area contributed by atoms with Gasteiger partial charge in [0.25, 0.3) is 0 Å². The molecule has 37 heavy (non-hydrogen) atoms. The van der Waals surface area contributed by atoms with Gasteiger partial charge in [-0.1, -0.05) is 103 Å². The van der Waals surface area contributed by atoms with Crippen LogP contribution in [0.2, 0.25) is 0 Å². The summed E-state index contributed by atoms with van der Waals surface area (Å²) in [5, 5.41) is 0. The lowest BCUT2D eigenvalue weighted by molar-refractivity contribution is -0.144. The van der Waals surface area contributed by atoms with E-state index in [0.29, 0.717) is 36.7 Å². The van der Waals surface area contributed by atoms with Crippen LogP contribution in [-0.2, 0) is 14.3 Å². The number of unbranched alkanes of at least 4 members (excludes halogenated alkanes) is 15. The predicted octanol–water partition coefficient (Wildman–Crippen LogP) is 8.58. The molecule has 0 bridgehead atoms. The minimum atomic E-state index is -0.289. The molecule has 1 aromatic carbocycles. The van der Waals surface area contributed by atoms with Gasteiger partial charge in [-0.25, -0.2) is 0 Å². The number of methoxy groups -OCH3 is 2. The molecule has 1 aromatic rings. The van der Waals surface area contributed by atoms with Gasteiger partial charge in [-0.2, -0.15) is 0 Å². The van der Waals surface area contributed by atoms with Gasteiger partial charge in [-0.3, -0.25) is 9.59 Å². The zero-order chi connectivity index (χ0) is 27.0. The maximum atomic E-state index is 12.2. The maximum absolute atomic E-state index is 12.2. The molecular weight excluding hydrogens is 468 g/mol. The number of hydrogen-bond donors (Lipinski definition) is 0. The zero-order valence-electron chi connectivity index (χ0n) is 23.8.